The number of benzene rings is 14. The molecule has 504 valence electrons. The van der Waals surface area contributed by atoms with Crippen LogP contribution in [0.25, 0.3) is 116 Å². The van der Waals surface area contributed by atoms with Crippen molar-refractivity contribution >= 4 is 95.3 Å². The molecule has 0 saturated heterocycles. The van der Waals surface area contributed by atoms with Gasteiger partial charge in [0.1, 0.15) is 0 Å². The van der Waals surface area contributed by atoms with Gasteiger partial charge in [0.2, 0.25) is 0 Å². The fraction of sp³-hybridized carbons (Fsp3) is 0.160. The van der Waals surface area contributed by atoms with Gasteiger partial charge >= 0.3 is 0 Å². The monoisotopic (exact) mass is 1340 g/mol. The van der Waals surface area contributed by atoms with Crippen LogP contribution in [0.1, 0.15) is 105 Å². The van der Waals surface area contributed by atoms with Crippen molar-refractivity contribution in [1.82, 2.24) is 4.40 Å². The van der Waals surface area contributed by atoms with Gasteiger partial charge in [0.25, 0.3) is 6.71 Å². The van der Waals surface area contributed by atoms with Crippen LogP contribution in [-0.4, -0.2) is 11.1 Å². The van der Waals surface area contributed by atoms with Gasteiger partial charge in [-0.3, -0.25) is 0 Å². The summed E-state index contributed by atoms with van der Waals surface area (Å²) >= 11 is 0. The lowest BCUT2D eigenvalue weighted by atomic mass is 9.33. The predicted molar refractivity (Wildman–Crippen MR) is 448 cm³/mol. The minimum Gasteiger partial charge on any atom is -0.310 e. The molecule has 0 aliphatic carbocycles. The fourth-order valence-corrected chi connectivity index (χ4v) is 16.9. The number of para-hydroxylation sites is 4. The molecule has 14 aromatic carbocycles. The molecule has 2 aromatic heterocycles. The quantitative estimate of drug-likeness (QED) is 0.133. The van der Waals surface area contributed by atoms with Gasteiger partial charge in [0.15, 0.2) is 0 Å². The molecular weight excluding hydrogens is 1250 g/mol. The Morgan fingerprint density at radius 1 is 0.231 bits per heavy atom. The van der Waals surface area contributed by atoms with E-state index in [0.29, 0.717) is 0 Å². The van der Waals surface area contributed by atoms with Crippen molar-refractivity contribution in [2.24, 2.45) is 0 Å². The largest absolute Gasteiger partial charge is 0.310 e. The summed E-state index contributed by atoms with van der Waals surface area (Å²) in [6.07, 6.45) is 0. The second-order valence-electron chi connectivity index (χ2n) is 33.3. The van der Waals surface area contributed by atoms with Gasteiger partial charge < -0.3 is 14.2 Å². The van der Waals surface area contributed by atoms with E-state index in [1.165, 1.54) is 99.0 Å². The molecule has 104 heavy (non-hydrogen) atoms. The zero-order chi connectivity index (χ0) is 71.3. The summed E-state index contributed by atoms with van der Waals surface area (Å²) in [7, 11) is 0. The van der Waals surface area contributed by atoms with E-state index in [1.54, 1.807) is 0 Å². The predicted octanol–water partition coefficient (Wildman–Crippen LogP) is 25.8. The first-order chi connectivity index (χ1) is 50.1. The molecule has 4 heterocycles. The molecule has 0 fully saturated rings. The van der Waals surface area contributed by atoms with Crippen molar-refractivity contribution in [2.45, 2.75) is 105 Å². The van der Waals surface area contributed by atoms with Crippen molar-refractivity contribution in [3.05, 3.63) is 326 Å². The Labute approximate surface area is 613 Å². The lowest BCUT2D eigenvalue weighted by Crippen LogP contribution is -2.61. The van der Waals surface area contributed by atoms with Gasteiger partial charge in [-0.2, -0.15) is 0 Å². The summed E-state index contributed by atoms with van der Waals surface area (Å²) in [5.41, 5.74) is 35.5. The summed E-state index contributed by atoms with van der Waals surface area (Å²) in [4.78, 5) is 5.44. The molecule has 4 heteroatoms. The lowest BCUT2D eigenvalue weighted by Gasteiger charge is -2.46. The standard InChI is InChI=1S/C100H86BN3/c1-97(2,3)73-52-70(53-74(61-73)98(4,5)6)68-46-49-85-89(57-68)103(94-77(63-30-17-13-18-31-63)39-27-40-78(94)64-32-19-14-20-33-64)91-59-72(67-48-51-88-84(56-67)83-44-29-43-82-81-38-25-26-45-87(81)102(88)96(82)83)60-92-93(91)101(85)86-50-47-69(71-54-75(99(7,8)9)62-76(55-71)100(10,11)12)58-90(86)104(92)95-79(65-34-21-15-22-35-65)41-28-42-80(95)66-36-23-16-24-37-66/h13-62H,1-12H3. The van der Waals surface area contributed by atoms with E-state index in [0.717, 1.165) is 89.8 Å². The van der Waals surface area contributed by atoms with E-state index in [1.807, 2.05) is 0 Å². The third kappa shape index (κ3) is 10.7. The second-order valence-corrected chi connectivity index (χ2v) is 33.3. The number of fused-ring (bicyclic) bond motifs is 10. The SMILES string of the molecule is CC(C)(C)c1cc(-c2ccc3c(c2)N(c2c(-c4ccccc4)cccc2-c2ccccc2)c2cc(-c4ccc5c(c4)c4cccc6c7ccccc7n5c64)cc4c2B3c2ccc(-c3cc(C(C)(C)C)cc(C(C)(C)C)c3)cc2N4c2c(-c3ccccc3)cccc2-c2ccccc2)cc(C(C)(C)C)c1. The van der Waals surface area contributed by atoms with Crippen LogP contribution in [0.15, 0.2) is 303 Å². The number of hydrogen-bond donors (Lipinski definition) is 0. The minimum atomic E-state index is -0.225. The average Bonchev–Trinajstić information content (AvgIpc) is 1.23. The van der Waals surface area contributed by atoms with Gasteiger partial charge in [0.05, 0.1) is 27.9 Å². The Hall–Kier alpha value is -11.5. The number of aromatic nitrogens is 1. The topological polar surface area (TPSA) is 10.9 Å². The summed E-state index contributed by atoms with van der Waals surface area (Å²) in [6.45, 7) is 28.0. The molecule has 0 unspecified atom stereocenters. The highest BCUT2D eigenvalue weighted by Crippen LogP contribution is 2.55. The first-order valence-corrected chi connectivity index (χ1v) is 37.2. The number of nitrogens with zero attached hydrogens (tertiary/aromatic N) is 3. The lowest BCUT2D eigenvalue weighted by molar-refractivity contribution is 0.568. The minimum absolute atomic E-state index is 0.0959. The molecule has 0 amide bonds. The smallest absolute Gasteiger partial charge is 0.252 e. The Kier molecular flexibility index (Phi) is 15.0. The Morgan fingerprint density at radius 3 is 0.952 bits per heavy atom. The zero-order valence-electron chi connectivity index (χ0n) is 61.8. The summed E-state index contributed by atoms with van der Waals surface area (Å²) in [5.74, 6) is 0. The molecule has 0 atom stereocenters. The number of anilines is 6. The second kappa shape index (κ2) is 24.1. The Morgan fingerprint density at radius 2 is 0.548 bits per heavy atom. The summed E-state index contributed by atoms with van der Waals surface area (Å²) < 4.78 is 2.51. The Balaban J connectivity index is 1.02. The molecule has 2 aliphatic heterocycles. The normalized spacial score (nSPS) is 13.1. The van der Waals surface area contributed by atoms with Crippen molar-refractivity contribution in [3.8, 4) is 77.9 Å². The molecular formula is C100H86BN3. The van der Waals surface area contributed by atoms with Crippen LogP contribution in [0.4, 0.5) is 34.1 Å². The molecule has 16 aromatic rings. The zero-order valence-corrected chi connectivity index (χ0v) is 61.8. The van der Waals surface area contributed by atoms with E-state index in [2.05, 4.69) is 401 Å². The molecule has 0 radical (unpaired) electrons. The highest BCUT2D eigenvalue weighted by molar-refractivity contribution is 7.00. The van der Waals surface area contributed by atoms with E-state index >= 15 is 0 Å². The van der Waals surface area contributed by atoms with Crippen LogP contribution in [0.3, 0.4) is 0 Å². The molecule has 0 bridgehead atoms. The van der Waals surface area contributed by atoms with Gasteiger partial charge in [-0.1, -0.05) is 344 Å². The third-order valence-corrected chi connectivity index (χ3v) is 22.5. The van der Waals surface area contributed by atoms with Crippen LogP contribution in [0.2, 0.25) is 0 Å². The van der Waals surface area contributed by atoms with Gasteiger partial charge in [-0.25, -0.2) is 0 Å². The molecule has 0 saturated carbocycles. The maximum Gasteiger partial charge on any atom is 0.252 e. The van der Waals surface area contributed by atoms with Crippen LogP contribution >= 0.6 is 0 Å². The average molecular weight is 1340 g/mol. The van der Waals surface area contributed by atoms with E-state index in [4.69, 9.17) is 0 Å². The fourth-order valence-electron chi connectivity index (χ4n) is 16.9. The number of hydrogen-bond acceptors (Lipinski definition) is 2. The van der Waals surface area contributed by atoms with Gasteiger partial charge in [-0.05, 0) is 158 Å². The molecule has 2 aliphatic rings. The third-order valence-electron chi connectivity index (χ3n) is 22.5. The maximum absolute atomic E-state index is 2.72. The van der Waals surface area contributed by atoms with Crippen LogP contribution in [0.5, 0.6) is 0 Å². The van der Waals surface area contributed by atoms with Crippen LogP contribution in [0, 0.1) is 0 Å². The first-order valence-electron chi connectivity index (χ1n) is 37.2. The van der Waals surface area contributed by atoms with Crippen molar-refractivity contribution in [1.29, 1.82) is 0 Å². The van der Waals surface area contributed by atoms with E-state index in [9.17, 15) is 0 Å². The molecule has 18 rings (SSSR count). The van der Waals surface area contributed by atoms with Gasteiger partial charge in [0, 0.05) is 66.5 Å². The van der Waals surface area contributed by atoms with E-state index in [-0.39, 0.29) is 28.4 Å². The first kappa shape index (κ1) is 64.6. The van der Waals surface area contributed by atoms with Crippen molar-refractivity contribution in [2.75, 3.05) is 9.80 Å². The van der Waals surface area contributed by atoms with Crippen LogP contribution in [-0.2, 0) is 21.7 Å². The van der Waals surface area contributed by atoms with Crippen molar-refractivity contribution < 1.29 is 0 Å². The Bertz CT molecular complexity index is 5610. The molecule has 3 nitrogen and oxygen atoms in total. The van der Waals surface area contributed by atoms with Gasteiger partial charge in [-0.15, -0.1) is 0 Å². The molecule has 0 spiro atoms. The van der Waals surface area contributed by atoms with Crippen LogP contribution < -0.4 is 26.2 Å². The highest BCUT2D eigenvalue weighted by Gasteiger charge is 2.46. The van der Waals surface area contributed by atoms with E-state index < -0.39 is 0 Å². The summed E-state index contributed by atoms with van der Waals surface area (Å²) in [5, 5.41) is 5.04. The summed E-state index contributed by atoms with van der Waals surface area (Å²) in [6, 6.07) is 117. The molecule has 0 N–H and O–H groups in total. The number of rotatable bonds is 9. The van der Waals surface area contributed by atoms with Crippen molar-refractivity contribution in [3.63, 3.8) is 0 Å². The maximum atomic E-state index is 2.72. The highest BCUT2D eigenvalue weighted by atomic mass is 15.2.